The van der Waals surface area contributed by atoms with E-state index in [0.717, 1.165) is 28.1 Å². The summed E-state index contributed by atoms with van der Waals surface area (Å²) in [5.74, 6) is -0.0792. The Balaban J connectivity index is 1.23. The minimum Gasteiger partial charge on any atom is -0.367 e. The molecule has 10 heteroatoms. The molecule has 0 bridgehead atoms. The number of amides is 1. The molecule has 7 nitrogen and oxygen atoms in total. The average molecular weight is 650 g/mol. The van der Waals surface area contributed by atoms with Gasteiger partial charge in [0.2, 0.25) is 15.9 Å². The Labute approximate surface area is 269 Å². The van der Waals surface area contributed by atoms with Crippen molar-refractivity contribution in [3.05, 3.63) is 113 Å². The van der Waals surface area contributed by atoms with E-state index in [4.69, 9.17) is 23.2 Å². The molecule has 2 aliphatic heterocycles. The molecule has 4 aromatic rings. The van der Waals surface area contributed by atoms with Gasteiger partial charge in [-0.05, 0) is 60.0 Å². The normalized spacial score (nSPS) is 18.0. The highest BCUT2D eigenvalue weighted by molar-refractivity contribution is 7.89. The molecule has 2 aliphatic rings. The van der Waals surface area contributed by atoms with Crippen LogP contribution in [0.1, 0.15) is 5.56 Å². The molecule has 2 fully saturated rings. The second kappa shape index (κ2) is 12.8. The molecule has 44 heavy (non-hydrogen) atoms. The van der Waals surface area contributed by atoms with Crippen LogP contribution in [0.5, 0.6) is 0 Å². The molecule has 2 heterocycles. The minimum absolute atomic E-state index is 0.0657. The maximum Gasteiger partial charge on any atom is 0.246 e. The lowest BCUT2D eigenvalue weighted by molar-refractivity contribution is -0.133. The minimum atomic E-state index is -3.83. The molecule has 0 radical (unpaired) electrons. The molecule has 1 amide bonds. The van der Waals surface area contributed by atoms with E-state index >= 15 is 0 Å². The van der Waals surface area contributed by atoms with Gasteiger partial charge in [0.05, 0.1) is 15.6 Å². The average Bonchev–Trinajstić information content (AvgIpc) is 3.06. The van der Waals surface area contributed by atoms with Gasteiger partial charge in [-0.15, -0.1) is 0 Å². The number of halogens is 2. The Bertz CT molecular complexity index is 1740. The number of carbonyl (C=O) groups excluding carboxylic acids is 1. The Morgan fingerprint density at radius 1 is 0.727 bits per heavy atom. The van der Waals surface area contributed by atoms with Gasteiger partial charge < -0.3 is 14.7 Å². The molecule has 1 unspecified atom stereocenters. The molecular weight excluding hydrogens is 615 g/mol. The van der Waals surface area contributed by atoms with Gasteiger partial charge in [0.1, 0.15) is 6.04 Å². The highest BCUT2D eigenvalue weighted by Gasteiger charge is 2.40. The van der Waals surface area contributed by atoms with E-state index in [0.29, 0.717) is 42.8 Å². The highest BCUT2D eigenvalue weighted by Crippen LogP contribution is 2.32. The maximum atomic E-state index is 14.2. The first-order valence-electron chi connectivity index (χ1n) is 14.7. The smallest absolute Gasteiger partial charge is 0.246 e. The van der Waals surface area contributed by atoms with Crippen molar-refractivity contribution in [1.82, 2.24) is 9.21 Å². The lowest BCUT2D eigenvalue weighted by Gasteiger charge is -2.45. The molecule has 0 aromatic heterocycles. The molecular formula is C34H34Cl2N4O3S. The van der Waals surface area contributed by atoms with Crippen molar-refractivity contribution < 1.29 is 13.2 Å². The number of carbonyl (C=O) groups is 1. The van der Waals surface area contributed by atoms with Crippen molar-refractivity contribution in [2.45, 2.75) is 17.9 Å². The van der Waals surface area contributed by atoms with Crippen molar-refractivity contribution in [1.29, 1.82) is 0 Å². The summed E-state index contributed by atoms with van der Waals surface area (Å²) in [5.41, 5.74) is 4.80. The number of nitrogens with zero attached hydrogens (tertiary/aromatic N) is 4. The lowest BCUT2D eigenvalue weighted by Crippen LogP contribution is -2.62. The van der Waals surface area contributed by atoms with Gasteiger partial charge in [-0.3, -0.25) is 4.79 Å². The monoisotopic (exact) mass is 648 g/mol. The van der Waals surface area contributed by atoms with Gasteiger partial charge in [0.25, 0.3) is 0 Å². The number of aryl methyl sites for hydroxylation is 1. The molecule has 2 saturated heterocycles. The summed E-state index contributed by atoms with van der Waals surface area (Å²) in [6.45, 7) is 4.94. The van der Waals surface area contributed by atoms with E-state index in [9.17, 15) is 13.2 Å². The summed E-state index contributed by atoms with van der Waals surface area (Å²) in [4.78, 5) is 20.5. The van der Waals surface area contributed by atoms with Crippen LogP contribution < -0.4 is 9.80 Å². The summed E-state index contributed by atoms with van der Waals surface area (Å²) in [6, 6.07) is 29.5. The van der Waals surface area contributed by atoms with Crippen molar-refractivity contribution in [2.75, 3.05) is 55.6 Å². The van der Waals surface area contributed by atoms with Gasteiger partial charge in [-0.2, -0.15) is 4.31 Å². The number of hydrogen-bond donors (Lipinski definition) is 0. The Morgan fingerprint density at radius 3 is 2.09 bits per heavy atom. The number of piperazine rings is 2. The third kappa shape index (κ3) is 6.17. The van der Waals surface area contributed by atoms with Crippen LogP contribution in [0.25, 0.3) is 11.1 Å². The predicted molar refractivity (Wildman–Crippen MR) is 178 cm³/mol. The number of rotatable bonds is 6. The molecule has 0 saturated carbocycles. The van der Waals surface area contributed by atoms with E-state index in [1.807, 2.05) is 84.6 Å². The van der Waals surface area contributed by atoms with Crippen LogP contribution in [0.2, 0.25) is 10.0 Å². The topological polar surface area (TPSA) is 64.2 Å². The van der Waals surface area contributed by atoms with E-state index in [1.54, 1.807) is 24.3 Å². The number of hydrogen-bond acceptors (Lipinski definition) is 5. The summed E-state index contributed by atoms with van der Waals surface area (Å²) < 4.78 is 29.3. The number of benzene rings is 4. The Morgan fingerprint density at radius 2 is 1.39 bits per heavy atom. The molecule has 228 valence electrons. The third-order valence-corrected chi connectivity index (χ3v) is 10.9. The fourth-order valence-corrected chi connectivity index (χ4v) is 7.91. The van der Waals surface area contributed by atoms with Crippen LogP contribution in [-0.4, -0.2) is 75.4 Å². The molecule has 0 N–H and O–H groups in total. The summed E-state index contributed by atoms with van der Waals surface area (Å²) in [5, 5.41) is 1.22. The Hall–Kier alpha value is -3.56. The SMILES string of the molecule is Cc1ccccc1N1CCN(S(=O)(=O)c2ccc(-c3ccccc3)cc2)CC1C(=O)N1CCN(c2cc(Cl)ccc2Cl)CC1. The number of sulfonamides is 1. The second-order valence-electron chi connectivity index (χ2n) is 11.2. The lowest BCUT2D eigenvalue weighted by atomic mass is 10.1. The number of anilines is 2. The maximum absolute atomic E-state index is 14.2. The van der Waals surface area contributed by atoms with Gasteiger partial charge >= 0.3 is 0 Å². The van der Waals surface area contributed by atoms with Crippen molar-refractivity contribution in [2.24, 2.45) is 0 Å². The molecule has 6 rings (SSSR count). The zero-order chi connectivity index (χ0) is 30.8. The van der Waals surface area contributed by atoms with E-state index in [2.05, 4.69) is 9.80 Å². The van der Waals surface area contributed by atoms with Gasteiger partial charge in [-0.25, -0.2) is 8.42 Å². The summed E-state index contributed by atoms with van der Waals surface area (Å²) in [7, 11) is -3.83. The number of para-hydroxylation sites is 1. The van der Waals surface area contributed by atoms with Crippen LogP contribution >= 0.6 is 23.2 Å². The van der Waals surface area contributed by atoms with Crippen LogP contribution in [0.4, 0.5) is 11.4 Å². The fourth-order valence-electron chi connectivity index (χ4n) is 6.07. The van der Waals surface area contributed by atoms with Gasteiger partial charge in [0.15, 0.2) is 0 Å². The molecule has 4 aromatic carbocycles. The first-order chi connectivity index (χ1) is 21.2. The fraction of sp³-hybridized carbons (Fsp3) is 0.265. The first-order valence-corrected chi connectivity index (χ1v) is 16.9. The standard InChI is InChI=1S/C34H34Cl2N4O3S/c1-25-7-5-6-10-31(25)40-22-21-39(44(42,43)29-14-11-27(12-15-29)26-8-3-2-4-9-26)24-33(40)34(41)38-19-17-37(18-20-38)32-23-28(35)13-16-30(32)36/h2-16,23,33H,17-22,24H2,1H3. The van der Waals surface area contributed by atoms with E-state index < -0.39 is 16.1 Å². The van der Waals surface area contributed by atoms with Crippen LogP contribution in [0.15, 0.2) is 102 Å². The second-order valence-corrected chi connectivity index (χ2v) is 13.9. The quantitative estimate of drug-likeness (QED) is 0.249. The van der Waals surface area contributed by atoms with Crippen molar-refractivity contribution in [3.63, 3.8) is 0 Å². The molecule has 0 spiro atoms. The van der Waals surface area contributed by atoms with E-state index in [-0.39, 0.29) is 23.9 Å². The third-order valence-electron chi connectivity index (χ3n) is 8.49. The van der Waals surface area contributed by atoms with Gasteiger partial charge in [-0.1, -0.05) is 83.9 Å². The predicted octanol–water partition coefficient (Wildman–Crippen LogP) is 6.20. The summed E-state index contributed by atoms with van der Waals surface area (Å²) >= 11 is 12.7. The largest absolute Gasteiger partial charge is 0.367 e. The van der Waals surface area contributed by atoms with Gasteiger partial charge in [0, 0.05) is 56.5 Å². The highest BCUT2D eigenvalue weighted by atomic mass is 35.5. The molecule has 0 aliphatic carbocycles. The zero-order valence-electron chi connectivity index (χ0n) is 24.4. The van der Waals surface area contributed by atoms with Crippen molar-refractivity contribution in [3.8, 4) is 11.1 Å². The van der Waals surface area contributed by atoms with E-state index in [1.165, 1.54) is 4.31 Å². The van der Waals surface area contributed by atoms with Crippen molar-refractivity contribution >= 4 is 50.5 Å². The zero-order valence-corrected chi connectivity index (χ0v) is 26.8. The van der Waals surface area contributed by atoms with Crippen LogP contribution in [-0.2, 0) is 14.8 Å². The Kier molecular flexibility index (Phi) is 8.87. The van der Waals surface area contributed by atoms with Crippen LogP contribution in [0, 0.1) is 6.92 Å². The first kappa shape index (κ1) is 30.5. The molecule has 1 atom stereocenters. The summed E-state index contributed by atoms with van der Waals surface area (Å²) in [6.07, 6.45) is 0. The van der Waals surface area contributed by atoms with Crippen LogP contribution in [0.3, 0.4) is 0 Å².